The van der Waals surface area contributed by atoms with Crippen molar-refractivity contribution in [3.8, 4) is 0 Å². The van der Waals surface area contributed by atoms with E-state index in [2.05, 4.69) is 38.5 Å². The second kappa shape index (κ2) is 6.42. The Morgan fingerprint density at radius 1 is 1.53 bits per heavy atom. The average Bonchev–Trinajstić information content (AvgIpc) is 2.25. The Labute approximate surface area is 109 Å². The van der Waals surface area contributed by atoms with Gasteiger partial charge >= 0.3 is 5.97 Å². The molecule has 0 unspecified atom stereocenters. The molecule has 0 radical (unpaired) electrons. The molecule has 2 nitrogen and oxygen atoms in total. The van der Waals surface area contributed by atoms with Gasteiger partial charge in [0.15, 0.2) is 0 Å². The van der Waals surface area contributed by atoms with Gasteiger partial charge in [0.2, 0.25) is 0 Å². The second-order valence-corrected chi connectivity index (χ2v) is 4.32. The first-order chi connectivity index (χ1) is 7.19. The van der Waals surface area contributed by atoms with Crippen LogP contribution in [0.15, 0.2) is 18.2 Å². The zero-order valence-electron chi connectivity index (χ0n) is 7.80. The summed E-state index contributed by atoms with van der Waals surface area (Å²) in [6.45, 7) is 0.316. The molecule has 0 spiro atoms. The molecule has 0 atom stereocenters. The number of hydrogen-bond donors (Lipinski definition) is 0. The van der Waals surface area contributed by atoms with Gasteiger partial charge in [-0.3, -0.25) is 0 Å². The van der Waals surface area contributed by atoms with Crippen LogP contribution in [0.4, 0.5) is 4.39 Å². The molecule has 0 bridgehead atoms. The van der Waals surface area contributed by atoms with Crippen LogP contribution in [0.1, 0.15) is 15.9 Å². The maximum atomic E-state index is 12.9. The lowest BCUT2D eigenvalue weighted by Crippen LogP contribution is -2.09. The molecule has 1 rings (SSSR count). The number of halogens is 3. The van der Waals surface area contributed by atoms with E-state index >= 15 is 0 Å². The van der Waals surface area contributed by atoms with E-state index in [0.29, 0.717) is 27.5 Å². The Morgan fingerprint density at radius 2 is 2.27 bits per heavy atom. The molecule has 15 heavy (non-hydrogen) atoms. The first kappa shape index (κ1) is 12.9. The highest BCUT2D eigenvalue weighted by molar-refractivity contribution is 14.1. The molecule has 0 aliphatic rings. The lowest BCUT2D eigenvalue weighted by atomic mass is 10.1. The molecular weight excluding hydrogens is 378 g/mol. The normalized spacial score (nSPS) is 10.1. The second-order valence-electron chi connectivity index (χ2n) is 2.76. The van der Waals surface area contributed by atoms with Gasteiger partial charge in [-0.25, -0.2) is 9.18 Å². The van der Waals surface area contributed by atoms with Crippen LogP contribution < -0.4 is 0 Å². The molecule has 0 amide bonds. The van der Waals surface area contributed by atoms with Crippen molar-refractivity contribution in [3.05, 3.63) is 35.1 Å². The van der Waals surface area contributed by atoms with E-state index in [1.54, 1.807) is 0 Å². The van der Waals surface area contributed by atoms with Crippen LogP contribution >= 0.6 is 38.5 Å². The number of carbonyl (C=O) groups excluding carboxylic acids is 1. The van der Waals surface area contributed by atoms with Crippen molar-refractivity contribution in [3.63, 3.8) is 0 Å². The van der Waals surface area contributed by atoms with E-state index in [9.17, 15) is 9.18 Å². The van der Waals surface area contributed by atoms with Gasteiger partial charge in [-0.05, 0) is 23.8 Å². The SMILES string of the molecule is O=C(OCCBr)c1ccc(F)cc1CI. The Kier molecular flexibility index (Phi) is 5.52. The fourth-order valence-electron chi connectivity index (χ4n) is 1.08. The number of carbonyl (C=O) groups is 1. The molecule has 82 valence electrons. The van der Waals surface area contributed by atoms with E-state index < -0.39 is 5.97 Å². The Bertz CT molecular complexity index is 357. The number of hydrogen-bond acceptors (Lipinski definition) is 2. The fourth-order valence-corrected chi connectivity index (χ4v) is 1.87. The number of ether oxygens (including phenoxy) is 1. The molecule has 0 aromatic heterocycles. The van der Waals surface area contributed by atoms with E-state index in [1.165, 1.54) is 18.2 Å². The van der Waals surface area contributed by atoms with E-state index in [1.807, 2.05) is 0 Å². The minimum Gasteiger partial charge on any atom is -0.461 e. The molecule has 0 aliphatic carbocycles. The summed E-state index contributed by atoms with van der Waals surface area (Å²) >= 11 is 5.24. The van der Waals surface area contributed by atoms with Crippen LogP contribution in [0.3, 0.4) is 0 Å². The predicted molar refractivity (Wildman–Crippen MR) is 68.2 cm³/mol. The minimum absolute atomic E-state index is 0.316. The van der Waals surface area contributed by atoms with Crippen LogP contribution in [0.25, 0.3) is 0 Å². The third-order valence-electron chi connectivity index (χ3n) is 1.74. The van der Waals surface area contributed by atoms with Crippen molar-refractivity contribution in [2.45, 2.75) is 4.43 Å². The molecule has 0 N–H and O–H groups in total. The van der Waals surface area contributed by atoms with Gasteiger partial charge in [0.05, 0.1) is 5.56 Å². The minimum atomic E-state index is -0.402. The van der Waals surface area contributed by atoms with Gasteiger partial charge in [-0.1, -0.05) is 38.5 Å². The zero-order chi connectivity index (χ0) is 11.3. The third-order valence-corrected chi connectivity index (χ3v) is 2.89. The first-order valence-corrected chi connectivity index (χ1v) is 6.91. The van der Waals surface area contributed by atoms with Crippen molar-refractivity contribution < 1.29 is 13.9 Å². The Balaban J connectivity index is 2.87. The lowest BCUT2D eigenvalue weighted by Gasteiger charge is -2.06. The van der Waals surface area contributed by atoms with Crippen LogP contribution in [0.2, 0.25) is 0 Å². The largest absolute Gasteiger partial charge is 0.461 e. The smallest absolute Gasteiger partial charge is 0.338 e. The van der Waals surface area contributed by atoms with Gasteiger partial charge in [-0.15, -0.1) is 0 Å². The molecular formula is C10H9BrFIO2. The van der Waals surface area contributed by atoms with Gasteiger partial charge in [0.1, 0.15) is 12.4 Å². The molecule has 0 aliphatic heterocycles. The molecule has 1 aromatic carbocycles. The Hall–Kier alpha value is -0.170. The maximum absolute atomic E-state index is 12.9. The highest BCUT2D eigenvalue weighted by atomic mass is 127. The highest BCUT2D eigenvalue weighted by Crippen LogP contribution is 2.16. The standard InChI is InChI=1S/C10H9BrFIO2/c11-3-4-15-10(14)9-2-1-8(12)5-7(9)6-13/h1-2,5H,3-4,6H2. The number of alkyl halides is 2. The van der Waals surface area contributed by atoms with Crippen molar-refractivity contribution >= 4 is 44.5 Å². The van der Waals surface area contributed by atoms with Crippen molar-refractivity contribution in [2.75, 3.05) is 11.9 Å². The number of rotatable bonds is 4. The molecule has 0 heterocycles. The lowest BCUT2D eigenvalue weighted by molar-refractivity contribution is 0.0530. The molecule has 0 saturated heterocycles. The summed E-state index contributed by atoms with van der Waals surface area (Å²) in [6.07, 6.45) is 0. The zero-order valence-corrected chi connectivity index (χ0v) is 11.5. The summed E-state index contributed by atoms with van der Waals surface area (Å²) in [5, 5.41) is 0.597. The molecule has 1 aromatic rings. The molecule has 0 fully saturated rings. The summed E-state index contributed by atoms with van der Waals surface area (Å²) < 4.78 is 18.4. The number of benzene rings is 1. The van der Waals surface area contributed by atoms with Gasteiger partial charge in [-0.2, -0.15) is 0 Å². The van der Waals surface area contributed by atoms with Crippen LogP contribution in [0, 0.1) is 5.82 Å². The van der Waals surface area contributed by atoms with Gasteiger partial charge in [0.25, 0.3) is 0 Å². The van der Waals surface area contributed by atoms with E-state index in [-0.39, 0.29) is 5.82 Å². The van der Waals surface area contributed by atoms with Crippen LogP contribution in [0.5, 0.6) is 0 Å². The summed E-state index contributed by atoms with van der Waals surface area (Å²) in [6, 6.07) is 4.08. The summed E-state index contributed by atoms with van der Waals surface area (Å²) in [7, 11) is 0. The maximum Gasteiger partial charge on any atom is 0.338 e. The Morgan fingerprint density at radius 3 is 2.87 bits per heavy atom. The molecule has 5 heteroatoms. The quantitative estimate of drug-likeness (QED) is 0.451. The number of esters is 1. The van der Waals surface area contributed by atoms with Gasteiger partial charge in [0, 0.05) is 9.76 Å². The van der Waals surface area contributed by atoms with Crippen LogP contribution in [-0.2, 0) is 9.16 Å². The third kappa shape index (κ3) is 3.71. The summed E-state index contributed by atoms with van der Waals surface area (Å²) in [5.41, 5.74) is 1.10. The van der Waals surface area contributed by atoms with Crippen LogP contribution in [-0.4, -0.2) is 17.9 Å². The average molecular weight is 387 g/mol. The van der Waals surface area contributed by atoms with E-state index in [0.717, 1.165) is 0 Å². The van der Waals surface area contributed by atoms with Crippen molar-refractivity contribution in [2.24, 2.45) is 0 Å². The summed E-state index contributed by atoms with van der Waals surface area (Å²) in [5.74, 6) is -0.736. The van der Waals surface area contributed by atoms with Crippen molar-refractivity contribution in [1.82, 2.24) is 0 Å². The fraction of sp³-hybridized carbons (Fsp3) is 0.300. The van der Waals surface area contributed by atoms with E-state index in [4.69, 9.17) is 4.74 Å². The van der Waals surface area contributed by atoms with Crippen molar-refractivity contribution in [1.29, 1.82) is 0 Å². The predicted octanol–water partition coefficient (Wildman–Crippen LogP) is 3.31. The highest BCUT2D eigenvalue weighted by Gasteiger charge is 2.12. The molecule has 0 saturated carbocycles. The van der Waals surface area contributed by atoms with Gasteiger partial charge < -0.3 is 4.74 Å². The monoisotopic (exact) mass is 386 g/mol. The summed E-state index contributed by atoms with van der Waals surface area (Å²) in [4.78, 5) is 11.5. The first-order valence-electron chi connectivity index (χ1n) is 4.26. The topological polar surface area (TPSA) is 26.3 Å².